The summed E-state index contributed by atoms with van der Waals surface area (Å²) in [6.07, 6.45) is 11.1. The second-order valence-corrected chi connectivity index (χ2v) is 5.08. The van der Waals surface area contributed by atoms with E-state index in [-0.39, 0.29) is 0 Å². The molecular formula is C11H15N2OTl. The Morgan fingerprint density at radius 1 is 1.60 bits per heavy atom. The Kier molecular flexibility index (Phi) is 8.21. The molecule has 0 aliphatic rings. The minimum absolute atomic E-state index is 0.532. The van der Waals surface area contributed by atoms with E-state index in [0.29, 0.717) is 26.1 Å². The van der Waals surface area contributed by atoms with Crippen LogP contribution in [-0.2, 0) is 0 Å². The third-order valence-corrected chi connectivity index (χ3v) is 2.85. The number of hydrogen-bond donors (Lipinski definition) is 2. The monoisotopic (exact) mass is 396 g/mol. The zero-order valence-electron chi connectivity index (χ0n) is 8.80. The van der Waals surface area contributed by atoms with Gasteiger partial charge in [0.25, 0.3) is 0 Å². The van der Waals surface area contributed by atoms with Crippen LogP contribution in [0.3, 0.4) is 0 Å². The Labute approximate surface area is 107 Å². The van der Waals surface area contributed by atoms with Crippen LogP contribution in [0.1, 0.15) is 6.92 Å². The summed E-state index contributed by atoms with van der Waals surface area (Å²) in [6.45, 7) is 5.49. The molecule has 0 aromatic heterocycles. The number of rotatable bonds is 6. The van der Waals surface area contributed by atoms with E-state index in [1.165, 1.54) is 6.34 Å². The zero-order valence-corrected chi connectivity index (χ0v) is 13.3. The molecule has 0 saturated heterocycles. The minimum atomic E-state index is -0.652. The molecular weight excluding hydrogens is 381 g/mol. The molecule has 0 fully saturated rings. The summed E-state index contributed by atoms with van der Waals surface area (Å²) >= 11 is 0.532. The van der Waals surface area contributed by atoms with E-state index in [2.05, 4.69) is 6.58 Å². The van der Waals surface area contributed by atoms with Gasteiger partial charge in [0.1, 0.15) is 0 Å². The Balaban J connectivity index is 4.58. The number of hydrogen-bond acceptors (Lipinski definition) is 2. The van der Waals surface area contributed by atoms with E-state index >= 15 is 0 Å². The van der Waals surface area contributed by atoms with Gasteiger partial charge in [-0.15, -0.1) is 0 Å². The van der Waals surface area contributed by atoms with Gasteiger partial charge in [0.05, 0.1) is 0 Å². The summed E-state index contributed by atoms with van der Waals surface area (Å²) < 4.78 is 1.71. The van der Waals surface area contributed by atoms with E-state index < -0.39 is 6.10 Å². The number of aliphatic hydroxyl groups is 1. The molecule has 0 rings (SSSR count). The molecule has 0 aromatic rings. The predicted molar refractivity (Wildman–Crippen MR) is 64.6 cm³/mol. The van der Waals surface area contributed by atoms with Gasteiger partial charge >= 0.3 is 107 Å². The van der Waals surface area contributed by atoms with Crippen molar-refractivity contribution in [1.29, 1.82) is 5.41 Å². The Morgan fingerprint density at radius 2 is 2.27 bits per heavy atom. The van der Waals surface area contributed by atoms with Crippen molar-refractivity contribution in [2.24, 2.45) is 0 Å². The molecule has 78 valence electrons. The molecule has 0 aliphatic carbocycles. The molecule has 2 N–H and O–H groups in total. The van der Waals surface area contributed by atoms with Crippen molar-refractivity contribution < 1.29 is 5.11 Å². The molecule has 0 bridgehead atoms. The molecule has 0 radical (unpaired) electrons. The van der Waals surface area contributed by atoms with Crippen molar-refractivity contribution in [2.75, 3.05) is 0 Å². The first-order valence-electron chi connectivity index (χ1n) is 4.51. The van der Waals surface area contributed by atoms with Crippen LogP contribution in [0.5, 0.6) is 0 Å². The summed E-state index contributed by atoms with van der Waals surface area (Å²) in [5.74, 6) is 0. The summed E-state index contributed by atoms with van der Waals surface area (Å²) in [6, 6.07) is 0. The maximum atomic E-state index is 9.78. The van der Waals surface area contributed by atoms with E-state index in [1.807, 2.05) is 19.1 Å². The van der Waals surface area contributed by atoms with Crippen LogP contribution in [0.4, 0.5) is 0 Å². The summed E-state index contributed by atoms with van der Waals surface area (Å²) in [5.41, 5.74) is 0.784. The Hall–Kier alpha value is -0.688. The first-order chi connectivity index (χ1) is 7.15. The topological polar surface area (TPSA) is 47.3 Å². The molecule has 0 saturated carbocycles. The maximum absolute atomic E-state index is 9.78. The second kappa shape index (κ2) is 8.61. The van der Waals surface area contributed by atoms with Gasteiger partial charge in [0.2, 0.25) is 0 Å². The van der Waals surface area contributed by atoms with Crippen molar-refractivity contribution >= 4 is 32.4 Å². The third-order valence-electron chi connectivity index (χ3n) is 1.60. The van der Waals surface area contributed by atoms with Gasteiger partial charge in [-0.2, -0.15) is 0 Å². The number of nitrogens with zero attached hydrogens (tertiary/aromatic N) is 1. The Bertz CT molecular complexity index is 295. The molecule has 0 aliphatic heterocycles. The van der Waals surface area contributed by atoms with Crippen molar-refractivity contribution in [1.82, 2.24) is 2.71 Å². The first kappa shape index (κ1) is 14.3. The van der Waals surface area contributed by atoms with Gasteiger partial charge in [-0.25, -0.2) is 0 Å². The SMILES string of the molecule is C=C/C=C(\C=C/C)C(O)/C=C/[N]([Tl])C=N. The average molecular weight is 396 g/mol. The quantitative estimate of drug-likeness (QED) is 0.310. The number of aliphatic hydroxyl groups excluding tert-OH is 1. The standard InChI is InChI=1S/C11H15N2O.Tl/c1-3-5-10(6-4-2)11(14)7-8-13-9-12;/h3-9,11,14H,1H2,2H3,(H-,12,13);/q-1;+1/b6-4-,8-7+,10-5+;. The van der Waals surface area contributed by atoms with Gasteiger partial charge in [-0.3, -0.25) is 0 Å². The summed E-state index contributed by atoms with van der Waals surface area (Å²) in [4.78, 5) is 0. The average Bonchev–Trinajstić information content (AvgIpc) is 2.25. The molecule has 1 unspecified atom stereocenters. The molecule has 15 heavy (non-hydrogen) atoms. The van der Waals surface area contributed by atoms with Crippen molar-refractivity contribution in [3.63, 3.8) is 0 Å². The van der Waals surface area contributed by atoms with Crippen molar-refractivity contribution in [3.8, 4) is 0 Å². The molecule has 0 spiro atoms. The van der Waals surface area contributed by atoms with Crippen LogP contribution in [0, 0.1) is 5.41 Å². The summed E-state index contributed by atoms with van der Waals surface area (Å²) in [7, 11) is 0. The molecule has 3 nitrogen and oxygen atoms in total. The number of allylic oxidation sites excluding steroid dienone is 3. The zero-order chi connectivity index (χ0) is 11.7. The van der Waals surface area contributed by atoms with Crippen LogP contribution in [0.2, 0.25) is 0 Å². The molecule has 4 heteroatoms. The fourth-order valence-electron chi connectivity index (χ4n) is 0.916. The number of nitrogens with one attached hydrogen (secondary N) is 1. The van der Waals surface area contributed by atoms with E-state index in [9.17, 15) is 5.11 Å². The third kappa shape index (κ3) is 6.40. The predicted octanol–water partition coefficient (Wildman–Crippen LogP) is 1.54. The van der Waals surface area contributed by atoms with Crippen LogP contribution in [0.25, 0.3) is 0 Å². The van der Waals surface area contributed by atoms with Crippen LogP contribution in [0.15, 0.2) is 48.7 Å². The van der Waals surface area contributed by atoms with Gasteiger partial charge in [-0.05, 0) is 0 Å². The van der Waals surface area contributed by atoms with E-state index in [0.717, 1.165) is 5.57 Å². The van der Waals surface area contributed by atoms with Crippen molar-refractivity contribution in [2.45, 2.75) is 13.0 Å². The molecule has 0 amide bonds. The van der Waals surface area contributed by atoms with E-state index in [4.69, 9.17) is 5.41 Å². The van der Waals surface area contributed by atoms with Gasteiger partial charge in [0.15, 0.2) is 0 Å². The molecule has 1 atom stereocenters. The fraction of sp³-hybridized carbons (Fsp3) is 0.182. The normalized spacial score (nSPS) is 14.3. The van der Waals surface area contributed by atoms with Gasteiger partial charge in [0, 0.05) is 0 Å². The van der Waals surface area contributed by atoms with Gasteiger partial charge < -0.3 is 0 Å². The fourth-order valence-corrected chi connectivity index (χ4v) is 1.30. The van der Waals surface area contributed by atoms with Gasteiger partial charge in [-0.1, -0.05) is 0 Å². The Morgan fingerprint density at radius 3 is 2.73 bits per heavy atom. The summed E-state index contributed by atoms with van der Waals surface area (Å²) in [5, 5.41) is 16.8. The molecule has 0 heterocycles. The van der Waals surface area contributed by atoms with E-state index in [1.54, 1.807) is 27.1 Å². The van der Waals surface area contributed by atoms with Crippen LogP contribution < -0.4 is 0 Å². The molecule has 0 aromatic carbocycles. The first-order valence-corrected chi connectivity index (χ1v) is 6.51. The van der Waals surface area contributed by atoms with Crippen LogP contribution in [-0.4, -0.2) is 46.3 Å². The van der Waals surface area contributed by atoms with Crippen LogP contribution >= 0.6 is 0 Å². The second-order valence-electron chi connectivity index (χ2n) is 2.77. The van der Waals surface area contributed by atoms with Crippen molar-refractivity contribution in [3.05, 3.63) is 48.7 Å².